The normalized spacial score (nSPS) is 17.2. The topological polar surface area (TPSA) is 84.3 Å². The molecule has 0 bridgehead atoms. The first-order chi connectivity index (χ1) is 9.91. The molecule has 0 saturated carbocycles. The summed E-state index contributed by atoms with van der Waals surface area (Å²) < 4.78 is 0.557. The fraction of sp³-hybridized carbons (Fsp3) is 0.500. The molecule has 1 aliphatic heterocycles. The SMILES string of the molecule is CC1(CNC(=O)c2cc([N+](=O)[O-])ccc2Br)CCNCC1. The Morgan fingerprint density at radius 2 is 2.14 bits per heavy atom. The van der Waals surface area contributed by atoms with E-state index in [1.54, 1.807) is 0 Å². The molecule has 1 heterocycles. The van der Waals surface area contributed by atoms with Crippen molar-refractivity contribution in [3.8, 4) is 0 Å². The van der Waals surface area contributed by atoms with Crippen molar-refractivity contribution in [2.75, 3.05) is 19.6 Å². The number of nitrogens with zero attached hydrogens (tertiary/aromatic N) is 1. The average molecular weight is 356 g/mol. The Bertz CT molecular complexity index is 556. The summed E-state index contributed by atoms with van der Waals surface area (Å²) in [5.74, 6) is -0.287. The smallest absolute Gasteiger partial charge is 0.270 e. The Morgan fingerprint density at radius 3 is 2.76 bits per heavy atom. The van der Waals surface area contributed by atoms with E-state index in [4.69, 9.17) is 0 Å². The third kappa shape index (κ3) is 4.01. The van der Waals surface area contributed by atoms with Crippen LogP contribution in [0.4, 0.5) is 5.69 Å². The van der Waals surface area contributed by atoms with E-state index in [9.17, 15) is 14.9 Å². The number of rotatable bonds is 4. The van der Waals surface area contributed by atoms with Gasteiger partial charge in [0.2, 0.25) is 0 Å². The summed E-state index contributed by atoms with van der Waals surface area (Å²) in [5.41, 5.74) is 0.284. The van der Waals surface area contributed by atoms with Crippen LogP contribution < -0.4 is 10.6 Å². The van der Waals surface area contributed by atoms with Crippen LogP contribution in [0.2, 0.25) is 0 Å². The van der Waals surface area contributed by atoms with Crippen molar-refractivity contribution in [1.82, 2.24) is 10.6 Å². The van der Waals surface area contributed by atoms with Crippen LogP contribution in [0.5, 0.6) is 0 Å². The maximum absolute atomic E-state index is 12.2. The minimum absolute atomic E-state index is 0.0775. The summed E-state index contributed by atoms with van der Waals surface area (Å²) >= 11 is 3.27. The molecule has 7 heteroatoms. The van der Waals surface area contributed by atoms with Crippen LogP contribution in [-0.4, -0.2) is 30.5 Å². The number of nitro groups is 1. The third-order valence-corrected chi connectivity index (χ3v) is 4.58. The van der Waals surface area contributed by atoms with Crippen LogP contribution >= 0.6 is 15.9 Å². The van der Waals surface area contributed by atoms with Gasteiger partial charge in [-0.25, -0.2) is 0 Å². The zero-order chi connectivity index (χ0) is 15.5. The molecule has 1 amide bonds. The van der Waals surface area contributed by atoms with Gasteiger partial charge in [-0.05, 0) is 53.3 Å². The van der Waals surface area contributed by atoms with E-state index in [1.807, 2.05) is 0 Å². The van der Waals surface area contributed by atoms with Crippen LogP contribution in [0.1, 0.15) is 30.1 Å². The molecule has 1 aromatic rings. The number of halogens is 1. The van der Waals surface area contributed by atoms with E-state index in [0.29, 0.717) is 16.6 Å². The summed E-state index contributed by atoms with van der Waals surface area (Å²) in [6.45, 7) is 4.62. The summed E-state index contributed by atoms with van der Waals surface area (Å²) in [6, 6.07) is 4.19. The van der Waals surface area contributed by atoms with Gasteiger partial charge in [0, 0.05) is 23.2 Å². The fourth-order valence-electron chi connectivity index (χ4n) is 2.40. The predicted octanol–water partition coefficient (Wildman–Crippen LogP) is 2.48. The standard InChI is InChI=1S/C14H18BrN3O3/c1-14(4-6-16-7-5-14)9-17-13(19)11-8-10(18(20)21)2-3-12(11)15/h2-3,8,16H,4-7,9H2,1H3,(H,17,19). The minimum atomic E-state index is -0.503. The van der Waals surface area contributed by atoms with Crippen molar-refractivity contribution in [3.63, 3.8) is 0 Å². The van der Waals surface area contributed by atoms with Crippen LogP contribution in [0, 0.1) is 15.5 Å². The van der Waals surface area contributed by atoms with Gasteiger partial charge in [0.15, 0.2) is 0 Å². The first kappa shape index (κ1) is 15.9. The summed E-state index contributed by atoms with van der Waals surface area (Å²) in [6.07, 6.45) is 2.01. The molecule has 0 unspecified atom stereocenters. The number of nitro benzene ring substituents is 1. The lowest BCUT2D eigenvalue weighted by atomic mass is 9.81. The predicted molar refractivity (Wildman–Crippen MR) is 83.3 cm³/mol. The van der Waals surface area contributed by atoms with Crippen LogP contribution in [0.3, 0.4) is 0 Å². The number of hydrogen-bond donors (Lipinski definition) is 2. The molecule has 0 radical (unpaired) electrons. The van der Waals surface area contributed by atoms with Crippen LogP contribution in [0.25, 0.3) is 0 Å². The van der Waals surface area contributed by atoms with Crippen molar-refractivity contribution in [2.45, 2.75) is 19.8 Å². The number of benzene rings is 1. The number of carbonyl (C=O) groups excluding carboxylic acids is 1. The molecular weight excluding hydrogens is 338 g/mol. The highest BCUT2D eigenvalue weighted by Crippen LogP contribution is 2.27. The molecule has 6 nitrogen and oxygen atoms in total. The molecule has 2 rings (SSSR count). The third-order valence-electron chi connectivity index (χ3n) is 3.89. The van der Waals surface area contributed by atoms with Gasteiger partial charge < -0.3 is 10.6 Å². The fourth-order valence-corrected chi connectivity index (χ4v) is 2.82. The van der Waals surface area contributed by atoms with Crippen molar-refractivity contribution >= 4 is 27.5 Å². The molecule has 0 aliphatic carbocycles. The molecular formula is C14H18BrN3O3. The molecule has 1 fully saturated rings. The highest BCUT2D eigenvalue weighted by Gasteiger charge is 2.27. The van der Waals surface area contributed by atoms with E-state index in [0.717, 1.165) is 25.9 Å². The Labute approximate surface area is 131 Å². The summed E-state index contributed by atoms with van der Waals surface area (Å²) in [7, 11) is 0. The second-order valence-corrected chi connectivity index (χ2v) is 6.52. The zero-order valence-electron chi connectivity index (χ0n) is 11.8. The number of carbonyl (C=O) groups is 1. The molecule has 0 atom stereocenters. The van der Waals surface area contributed by atoms with E-state index >= 15 is 0 Å². The maximum atomic E-state index is 12.2. The number of nitrogens with one attached hydrogen (secondary N) is 2. The van der Waals surface area contributed by atoms with Gasteiger partial charge in [-0.1, -0.05) is 6.92 Å². The van der Waals surface area contributed by atoms with Crippen LogP contribution in [0.15, 0.2) is 22.7 Å². The molecule has 1 aromatic carbocycles. The van der Waals surface area contributed by atoms with Gasteiger partial charge in [-0.3, -0.25) is 14.9 Å². The van der Waals surface area contributed by atoms with Crippen molar-refractivity contribution in [2.24, 2.45) is 5.41 Å². The Morgan fingerprint density at radius 1 is 1.48 bits per heavy atom. The lowest BCUT2D eigenvalue weighted by Gasteiger charge is -2.34. The van der Waals surface area contributed by atoms with E-state index in [-0.39, 0.29) is 17.0 Å². The number of hydrogen-bond acceptors (Lipinski definition) is 4. The highest BCUT2D eigenvalue weighted by molar-refractivity contribution is 9.10. The van der Waals surface area contributed by atoms with Crippen molar-refractivity contribution in [1.29, 1.82) is 0 Å². The highest BCUT2D eigenvalue weighted by atomic mass is 79.9. The molecule has 21 heavy (non-hydrogen) atoms. The second-order valence-electron chi connectivity index (χ2n) is 5.66. The molecule has 0 aromatic heterocycles. The Balaban J connectivity index is 2.06. The zero-order valence-corrected chi connectivity index (χ0v) is 13.4. The van der Waals surface area contributed by atoms with Gasteiger partial charge >= 0.3 is 0 Å². The first-order valence-electron chi connectivity index (χ1n) is 6.84. The lowest BCUT2D eigenvalue weighted by Crippen LogP contribution is -2.42. The van der Waals surface area contributed by atoms with Gasteiger partial charge in [0.1, 0.15) is 0 Å². The largest absolute Gasteiger partial charge is 0.351 e. The Kier molecular flexibility index (Phi) is 4.95. The maximum Gasteiger partial charge on any atom is 0.270 e. The van der Waals surface area contributed by atoms with Gasteiger partial charge in [0.25, 0.3) is 11.6 Å². The average Bonchev–Trinajstić information content (AvgIpc) is 2.46. The van der Waals surface area contributed by atoms with Gasteiger partial charge in [-0.2, -0.15) is 0 Å². The molecule has 1 aliphatic rings. The second kappa shape index (κ2) is 6.53. The monoisotopic (exact) mass is 355 g/mol. The van der Waals surface area contributed by atoms with Crippen LogP contribution in [-0.2, 0) is 0 Å². The first-order valence-corrected chi connectivity index (χ1v) is 7.63. The van der Waals surface area contributed by atoms with E-state index < -0.39 is 4.92 Å². The minimum Gasteiger partial charge on any atom is -0.351 e. The summed E-state index contributed by atoms with van der Waals surface area (Å²) in [5, 5.41) is 17.0. The van der Waals surface area contributed by atoms with Gasteiger partial charge in [-0.15, -0.1) is 0 Å². The molecule has 1 saturated heterocycles. The van der Waals surface area contributed by atoms with Crippen molar-refractivity contribution in [3.05, 3.63) is 38.3 Å². The van der Waals surface area contributed by atoms with E-state index in [1.165, 1.54) is 18.2 Å². The summed E-state index contributed by atoms with van der Waals surface area (Å²) in [4.78, 5) is 22.5. The molecule has 0 spiro atoms. The number of non-ortho nitro benzene ring substituents is 1. The number of amides is 1. The van der Waals surface area contributed by atoms with Gasteiger partial charge in [0.05, 0.1) is 10.5 Å². The Hall–Kier alpha value is -1.47. The number of piperidine rings is 1. The van der Waals surface area contributed by atoms with E-state index in [2.05, 4.69) is 33.5 Å². The quantitative estimate of drug-likeness (QED) is 0.641. The lowest BCUT2D eigenvalue weighted by molar-refractivity contribution is -0.384. The molecule has 114 valence electrons. The molecule has 2 N–H and O–H groups in total. The van der Waals surface area contributed by atoms with Crippen molar-refractivity contribution < 1.29 is 9.72 Å².